The van der Waals surface area contributed by atoms with Gasteiger partial charge in [0.15, 0.2) is 5.52 Å². The van der Waals surface area contributed by atoms with Crippen LogP contribution in [0.3, 0.4) is 0 Å². The molecule has 1 aliphatic heterocycles. The van der Waals surface area contributed by atoms with E-state index in [1.165, 1.54) is 11.6 Å². The molecule has 1 aliphatic rings. The van der Waals surface area contributed by atoms with Gasteiger partial charge in [0.25, 0.3) is 5.56 Å². The van der Waals surface area contributed by atoms with Crippen molar-refractivity contribution in [3.8, 4) is 11.4 Å². The Balaban J connectivity index is 1.85. The van der Waals surface area contributed by atoms with Gasteiger partial charge < -0.3 is 9.30 Å². The summed E-state index contributed by atoms with van der Waals surface area (Å²) in [6.45, 7) is 0.740. The van der Waals surface area contributed by atoms with Crippen molar-refractivity contribution in [2.75, 3.05) is 6.61 Å². The maximum atomic E-state index is 12.4. The Kier molecular flexibility index (Phi) is 3.60. The summed E-state index contributed by atoms with van der Waals surface area (Å²) < 4.78 is 11.8. The highest BCUT2D eigenvalue weighted by Gasteiger charge is 2.21. The standard InChI is InChI=1S/C16H20N6O3/c1-19-13(10-8-17-22(9-10)11-6-4-5-7-25-11)18-12-14(19)20(2)16(24)21(3)15(12)23/h8-9,11H,4-7H2,1-3H3. The van der Waals surface area contributed by atoms with Crippen LogP contribution in [0.5, 0.6) is 0 Å². The first-order valence-corrected chi connectivity index (χ1v) is 8.27. The van der Waals surface area contributed by atoms with Gasteiger partial charge in [0, 0.05) is 33.9 Å². The Bertz CT molecular complexity index is 1060. The van der Waals surface area contributed by atoms with E-state index in [4.69, 9.17) is 4.74 Å². The second-order valence-corrected chi connectivity index (χ2v) is 6.40. The normalized spacial score (nSPS) is 18.1. The van der Waals surface area contributed by atoms with Crippen molar-refractivity contribution < 1.29 is 4.74 Å². The maximum Gasteiger partial charge on any atom is 0.332 e. The van der Waals surface area contributed by atoms with Crippen LogP contribution in [0.2, 0.25) is 0 Å². The van der Waals surface area contributed by atoms with Crippen LogP contribution < -0.4 is 11.2 Å². The van der Waals surface area contributed by atoms with Crippen molar-refractivity contribution >= 4 is 11.2 Å². The Morgan fingerprint density at radius 3 is 2.64 bits per heavy atom. The fraction of sp³-hybridized carbons (Fsp3) is 0.500. The second kappa shape index (κ2) is 5.69. The molecule has 4 rings (SSSR count). The fourth-order valence-electron chi connectivity index (χ4n) is 3.38. The zero-order valence-corrected chi connectivity index (χ0v) is 14.5. The summed E-state index contributed by atoms with van der Waals surface area (Å²) >= 11 is 0. The third kappa shape index (κ3) is 2.34. The van der Waals surface area contributed by atoms with E-state index in [1.54, 1.807) is 29.5 Å². The van der Waals surface area contributed by atoms with Crippen molar-refractivity contribution in [1.82, 2.24) is 28.5 Å². The van der Waals surface area contributed by atoms with Crippen molar-refractivity contribution in [2.45, 2.75) is 25.5 Å². The molecule has 9 heteroatoms. The van der Waals surface area contributed by atoms with Gasteiger partial charge in [-0.05, 0) is 19.3 Å². The van der Waals surface area contributed by atoms with E-state index in [0.29, 0.717) is 11.5 Å². The van der Waals surface area contributed by atoms with E-state index in [1.807, 2.05) is 6.20 Å². The van der Waals surface area contributed by atoms with Gasteiger partial charge >= 0.3 is 5.69 Å². The molecule has 1 saturated heterocycles. The molecule has 25 heavy (non-hydrogen) atoms. The SMILES string of the molecule is Cn1c(=O)c2nc(-c3cnn(C4CCCCO4)c3)n(C)c2n(C)c1=O. The zero-order chi connectivity index (χ0) is 17.7. The van der Waals surface area contributed by atoms with Crippen molar-refractivity contribution in [3.05, 3.63) is 33.2 Å². The van der Waals surface area contributed by atoms with Crippen molar-refractivity contribution in [2.24, 2.45) is 21.1 Å². The Hall–Kier alpha value is -2.68. The number of aromatic nitrogens is 6. The van der Waals surface area contributed by atoms with Gasteiger partial charge in [-0.15, -0.1) is 0 Å². The number of ether oxygens (including phenoxy) is 1. The average molecular weight is 344 g/mol. The smallest absolute Gasteiger partial charge is 0.332 e. The number of aryl methyl sites for hydroxylation is 2. The molecule has 1 fully saturated rings. The van der Waals surface area contributed by atoms with E-state index >= 15 is 0 Å². The number of nitrogens with zero attached hydrogens (tertiary/aromatic N) is 6. The van der Waals surface area contributed by atoms with Crippen LogP contribution in [0, 0.1) is 0 Å². The van der Waals surface area contributed by atoms with E-state index in [0.717, 1.165) is 36.0 Å². The van der Waals surface area contributed by atoms with Gasteiger partial charge in [0.2, 0.25) is 0 Å². The average Bonchev–Trinajstić information content (AvgIpc) is 3.24. The first kappa shape index (κ1) is 15.8. The Labute approximate surface area is 143 Å². The highest BCUT2D eigenvalue weighted by atomic mass is 16.5. The quantitative estimate of drug-likeness (QED) is 0.677. The Morgan fingerprint density at radius 1 is 1.12 bits per heavy atom. The molecular formula is C16H20N6O3. The lowest BCUT2D eigenvalue weighted by Gasteiger charge is -2.22. The molecule has 132 valence electrons. The predicted molar refractivity (Wildman–Crippen MR) is 91.3 cm³/mol. The van der Waals surface area contributed by atoms with Crippen LogP contribution in [-0.2, 0) is 25.9 Å². The molecule has 9 nitrogen and oxygen atoms in total. The number of rotatable bonds is 2. The number of hydrogen-bond donors (Lipinski definition) is 0. The van der Waals surface area contributed by atoms with Crippen molar-refractivity contribution in [3.63, 3.8) is 0 Å². The predicted octanol–water partition coefficient (Wildman–Crippen LogP) is 0.533. The summed E-state index contributed by atoms with van der Waals surface area (Å²) in [6, 6.07) is 0. The molecule has 3 aromatic heterocycles. The molecule has 0 aliphatic carbocycles. The van der Waals surface area contributed by atoms with Crippen LogP contribution in [0.25, 0.3) is 22.6 Å². The lowest BCUT2D eigenvalue weighted by molar-refractivity contribution is -0.0394. The van der Waals surface area contributed by atoms with E-state index in [2.05, 4.69) is 10.1 Å². The van der Waals surface area contributed by atoms with Gasteiger partial charge in [-0.25, -0.2) is 14.5 Å². The zero-order valence-electron chi connectivity index (χ0n) is 14.5. The van der Waals surface area contributed by atoms with E-state index < -0.39 is 5.56 Å². The Morgan fingerprint density at radius 2 is 1.92 bits per heavy atom. The summed E-state index contributed by atoms with van der Waals surface area (Å²) in [5.74, 6) is 0.593. The molecule has 0 amide bonds. The maximum absolute atomic E-state index is 12.4. The minimum Gasteiger partial charge on any atom is -0.357 e. The first-order chi connectivity index (χ1) is 12.0. The highest BCUT2D eigenvalue weighted by Crippen LogP contribution is 2.25. The minimum absolute atomic E-state index is 0.0607. The topological polar surface area (TPSA) is 88.9 Å². The lowest BCUT2D eigenvalue weighted by Crippen LogP contribution is -2.37. The van der Waals surface area contributed by atoms with Crippen molar-refractivity contribution in [1.29, 1.82) is 0 Å². The summed E-state index contributed by atoms with van der Waals surface area (Å²) in [7, 11) is 4.88. The second-order valence-electron chi connectivity index (χ2n) is 6.40. The third-order valence-corrected chi connectivity index (χ3v) is 4.77. The molecule has 4 heterocycles. The molecule has 1 unspecified atom stereocenters. The molecular weight excluding hydrogens is 324 g/mol. The molecule has 0 bridgehead atoms. The number of fused-ring (bicyclic) bond motifs is 1. The van der Waals surface area contributed by atoms with Crippen LogP contribution in [0.1, 0.15) is 25.5 Å². The van der Waals surface area contributed by atoms with Crippen LogP contribution in [0.4, 0.5) is 0 Å². The molecule has 0 aromatic carbocycles. The third-order valence-electron chi connectivity index (χ3n) is 4.77. The summed E-state index contributed by atoms with van der Waals surface area (Å²) in [5, 5.41) is 4.39. The summed E-state index contributed by atoms with van der Waals surface area (Å²) in [5.41, 5.74) is 0.761. The van der Waals surface area contributed by atoms with Crippen LogP contribution >= 0.6 is 0 Å². The fourth-order valence-corrected chi connectivity index (χ4v) is 3.38. The minimum atomic E-state index is -0.400. The van der Waals surface area contributed by atoms with Crippen LogP contribution in [0.15, 0.2) is 22.0 Å². The molecule has 0 spiro atoms. The highest BCUT2D eigenvalue weighted by molar-refractivity contribution is 5.76. The first-order valence-electron chi connectivity index (χ1n) is 8.27. The van der Waals surface area contributed by atoms with Gasteiger partial charge in [0.1, 0.15) is 17.7 Å². The lowest BCUT2D eigenvalue weighted by atomic mass is 10.2. The largest absolute Gasteiger partial charge is 0.357 e. The molecule has 0 saturated carbocycles. The molecule has 0 radical (unpaired) electrons. The van der Waals surface area contributed by atoms with Crippen LogP contribution in [-0.4, -0.2) is 35.1 Å². The van der Waals surface area contributed by atoms with Gasteiger partial charge in [-0.1, -0.05) is 0 Å². The number of hydrogen-bond acceptors (Lipinski definition) is 5. The van der Waals surface area contributed by atoms with Gasteiger partial charge in [0.05, 0.1) is 11.8 Å². The molecule has 0 N–H and O–H groups in total. The number of imidazole rings is 1. The van der Waals surface area contributed by atoms with E-state index in [9.17, 15) is 9.59 Å². The summed E-state index contributed by atoms with van der Waals surface area (Å²) in [6.07, 6.45) is 6.64. The van der Waals surface area contributed by atoms with Gasteiger partial charge in [-0.2, -0.15) is 5.10 Å². The molecule has 1 atom stereocenters. The molecule has 3 aromatic rings. The van der Waals surface area contributed by atoms with Gasteiger partial charge in [-0.3, -0.25) is 13.9 Å². The van der Waals surface area contributed by atoms with E-state index in [-0.39, 0.29) is 17.4 Å². The monoisotopic (exact) mass is 344 g/mol. The summed E-state index contributed by atoms with van der Waals surface area (Å²) in [4.78, 5) is 29.0.